The molecule has 0 aliphatic rings. The Balaban J connectivity index is 3.00. The number of anilines is 2. The lowest BCUT2D eigenvalue weighted by atomic mass is 10.1. The van der Waals surface area contributed by atoms with Crippen molar-refractivity contribution >= 4 is 17.3 Å². The Morgan fingerprint density at radius 1 is 1.47 bits per heavy atom. The summed E-state index contributed by atoms with van der Waals surface area (Å²) in [6, 6.07) is 3.40. The van der Waals surface area contributed by atoms with E-state index in [2.05, 4.69) is 18.8 Å². The summed E-state index contributed by atoms with van der Waals surface area (Å²) in [5.41, 5.74) is 5.42. The maximum Gasteiger partial charge on any atom is 0.311 e. The van der Waals surface area contributed by atoms with Gasteiger partial charge in [0.25, 0.3) is 0 Å². The van der Waals surface area contributed by atoms with E-state index in [-0.39, 0.29) is 11.5 Å². The molecule has 0 aliphatic heterocycles. The Kier molecular flexibility index (Phi) is 4.25. The van der Waals surface area contributed by atoms with Crippen LogP contribution in [0, 0.1) is 10.1 Å². The molecule has 6 heteroatoms. The van der Waals surface area contributed by atoms with E-state index in [9.17, 15) is 10.1 Å². The Bertz CT molecular complexity index is 404. The van der Waals surface area contributed by atoms with Crippen LogP contribution in [0.5, 0.6) is 0 Å². The van der Waals surface area contributed by atoms with Gasteiger partial charge in [0.05, 0.1) is 4.92 Å². The van der Waals surface area contributed by atoms with Crippen LogP contribution in [0.1, 0.15) is 26.7 Å². The fourth-order valence-electron chi connectivity index (χ4n) is 1.83. The smallest absolute Gasteiger partial charge is 0.311 e. The van der Waals surface area contributed by atoms with E-state index in [4.69, 9.17) is 5.73 Å². The van der Waals surface area contributed by atoms with Gasteiger partial charge in [-0.15, -0.1) is 0 Å². The normalized spacial score (nSPS) is 10.6. The second-order valence-electron chi connectivity index (χ2n) is 3.91. The van der Waals surface area contributed by atoms with Crippen molar-refractivity contribution in [2.45, 2.75) is 32.7 Å². The van der Waals surface area contributed by atoms with Gasteiger partial charge in [0, 0.05) is 19.2 Å². The van der Waals surface area contributed by atoms with Crippen LogP contribution >= 0.6 is 0 Å². The molecule has 17 heavy (non-hydrogen) atoms. The van der Waals surface area contributed by atoms with E-state index in [1.165, 1.54) is 6.07 Å². The summed E-state index contributed by atoms with van der Waals surface area (Å²) < 4.78 is 0. The maximum atomic E-state index is 10.6. The number of nitro groups is 1. The highest BCUT2D eigenvalue weighted by atomic mass is 16.6. The minimum absolute atomic E-state index is 0.0368. The quantitative estimate of drug-likeness (QED) is 0.627. The summed E-state index contributed by atoms with van der Waals surface area (Å²) in [5.74, 6) is 0.632. The van der Waals surface area contributed by atoms with Crippen LogP contribution in [0.25, 0.3) is 0 Å². The Labute approximate surface area is 101 Å². The molecule has 0 aromatic carbocycles. The molecule has 2 N–H and O–H groups in total. The van der Waals surface area contributed by atoms with Crippen molar-refractivity contribution < 1.29 is 4.92 Å². The molecule has 0 bridgehead atoms. The van der Waals surface area contributed by atoms with Gasteiger partial charge in [0.1, 0.15) is 5.82 Å². The average Bonchev–Trinajstić information content (AvgIpc) is 2.29. The molecule has 0 atom stereocenters. The van der Waals surface area contributed by atoms with Gasteiger partial charge >= 0.3 is 5.69 Å². The zero-order chi connectivity index (χ0) is 13.0. The predicted molar refractivity (Wildman–Crippen MR) is 68.1 cm³/mol. The number of aromatic nitrogens is 1. The van der Waals surface area contributed by atoms with Crippen LogP contribution in [-0.2, 0) is 0 Å². The molecule has 0 fully saturated rings. The second-order valence-corrected chi connectivity index (χ2v) is 3.91. The first-order valence-electron chi connectivity index (χ1n) is 5.65. The zero-order valence-electron chi connectivity index (χ0n) is 10.4. The summed E-state index contributed by atoms with van der Waals surface area (Å²) in [4.78, 5) is 16.2. The number of hydrogen-bond acceptors (Lipinski definition) is 5. The largest absolute Gasteiger partial charge is 0.378 e. The number of hydrogen-bond donors (Lipinski definition) is 1. The van der Waals surface area contributed by atoms with Gasteiger partial charge in [-0.25, -0.2) is 4.98 Å². The monoisotopic (exact) mass is 238 g/mol. The Morgan fingerprint density at radius 2 is 2.06 bits per heavy atom. The average molecular weight is 238 g/mol. The number of rotatable bonds is 5. The molecule has 94 valence electrons. The van der Waals surface area contributed by atoms with Crippen molar-refractivity contribution in [3.8, 4) is 0 Å². The van der Waals surface area contributed by atoms with Crippen molar-refractivity contribution in [2.24, 2.45) is 0 Å². The molecule has 0 radical (unpaired) electrons. The van der Waals surface area contributed by atoms with Crippen LogP contribution in [0.3, 0.4) is 0 Å². The third-order valence-electron chi connectivity index (χ3n) is 2.94. The molecule has 0 aliphatic carbocycles. The minimum atomic E-state index is -0.525. The van der Waals surface area contributed by atoms with Gasteiger partial charge in [-0.1, -0.05) is 13.8 Å². The maximum absolute atomic E-state index is 10.6. The minimum Gasteiger partial charge on any atom is -0.378 e. The molecule has 0 unspecified atom stereocenters. The molecule has 0 saturated carbocycles. The standard InChI is InChI=1S/C11H18N4O2/c1-4-8(5-2)14(3)10-7-6-9(15(16)17)11(12)13-10/h6-8H,4-5H2,1-3H3,(H2,12,13). The zero-order valence-corrected chi connectivity index (χ0v) is 10.4. The van der Waals surface area contributed by atoms with E-state index >= 15 is 0 Å². The van der Waals surface area contributed by atoms with Crippen LogP contribution in [-0.4, -0.2) is 23.0 Å². The van der Waals surface area contributed by atoms with Crippen molar-refractivity contribution in [2.75, 3.05) is 17.7 Å². The number of pyridine rings is 1. The highest BCUT2D eigenvalue weighted by Gasteiger charge is 2.17. The Hall–Kier alpha value is -1.85. The van der Waals surface area contributed by atoms with Crippen LogP contribution in [0.15, 0.2) is 12.1 Å². The molecule has 0 spiro atoms. The second kappa shape index (κ2) is 5.47. The van der Waals surface area contributed by atoms with Crippen molar-refractivity contribution in [3.63, 3.8) is 0 Å². The van der Waals surface area contributed by atoms with Crippen LogP contribution < -0.4 is 10.6 Å². The van der Waals surface area contributed by atoms with Gasteiger partial charge in [-0.3, -0.25) is 10.1 Å². The van der Waals surface area contributed by atoms with Gasteiger partial charge in [-0.05, 0) is 18.9 Å². The SMILES string of the molecule is CCC(CC)N(C)c1ccc([N+](=O)[O-])c(N)n1. The van der Waals surface area contributed by atoms with E-state index in [0.717, 1.165) is 12.8 Å². The van der Waals surface area contributed by atoms with Crippen LogP contribution in [0.2, 0.25) is 0 Å². The topological polar surface area (TPSA) is 85.3 Å². The molecule has 1 aromatic heterocycles. The van der Waals surface area contributed by atoms with Crippen molar-refractivity contribution in [3.05, 3.63) is 22.2 Å². The van der Waals surface area contributed by atoms with E-state index in [1.54, 1.807) is 6.07 Å². The third kappa shape index (κ3) is 2.83. The molecule has 0 saturated heterocycles. The first-order valence-corrected chi connectivity index (χ1v) is 5.65. The lowest BCUT2D eigenvalue weighted by Crippen LogP contribution is -2.31. The van der Waals surface area contributed by atoms with Gasteiger partial charge < -0.3 is 10.6 Å². The van der Waals surface area contributed by atoms with E-state index in [1.807, 2.05) is 11.9 Å². The van der Waals surface area contributed by atoms with E-state index < -0.39 is 4.92 Å². The highest BCUT2D eigenvalue weighted by molar-refractivity contribution is 5.58. The van der Waals surface area contributed by atoms with E-state index in [0.29, 0.717) is 11.9 Å². The summed E-state index contributed by atoms with van der Waals surface area (Å²) in [6.45, 7) is 4.19. The fourth-order valence-corrected chi connectivity index (χ4v) is 1.83. The first kappa shape index (κ1) is 13.2. The molecule has 1 heterocycles. The molecular formula is C11H18N4O2. The Morgan fingerprint density at radius 3 is 2.47 bits per heavy atom. The molecule has 1 rings (SSSR count). The predicted octanol–water partition coefficient (Wildman–Crippen LogP) is 2.20. The van der Waals surface area contributed by atoms with Gasteiger partial charge in [0.2, 0.25) is 5.82 Å². The highest BCUT2D eigenvalue weighted by Crippen LogP contribution is 2.24. The van der Waals surface area contributed by atoms with Gasteiger partial charge in [-0.2, -0.15) is 0 Å². The summed E-state index contributed by atoms with van der Waals surface area (Å²) in [5, 5.41) is 10.6. The fraction of sp³-hybridized carbons (Fsp3) is 0.545. The number of nitrogen functional groups attached to an aromatic ring is 1. The van der Waals surface area contributed by atoms with Crippen molar-refractivity contribution in [1.29, 1.82) is 0 Å². The summed E-state index contributed by atoms with van der Waals surface area (Å²) in [6.07, 6.45) is 1.98. The molecule has 6 nitrogen and oxygen atoms in total. The third-order valence-corrected chi connectivity index (χ3v) is 2.94. The number of nitrogens with two attached hydrogens (primary N) is 1. The lowest BCUT2D eigenvalue weighted by molar-refractivity contribution is -0.384. The summed E-state index contributed by atoms with van der Waals surface area (Å²) >= 11 is 0. The lowest BCUT2D eigenvalue weighted by Gasteiger charge is -2.27. The van der Waals surface area contributed by atoms with Crippen LogP contribution in [0.4, 0.5) is 17.3 Å². The first-order chi connectivity index (χ1) is 8.01. The van der Waals surface area contributed by atoms with Crippen molar-refractivity contribution in [1.82, 2.24) is 4.98 Å². The molecule has 1 aromatic rings. The molecule has 0 amide bonds. The number of nitrogens with zero attached hydrogens (tertiary/aromatic N) is 3. The molecular weight excluding hydrogens is 220 g/mol. The summed E-state index contributed by atoms with van der Waals surface area (Å²) in [7, 11) is 1.92. The van der Waals surface area contributed by atoms with Gasteiger partial charge in [0.15, 0.2) is 0 Å².